The lowest BCUT2D eigenvalue weighted by Crippen LogP contribution is -2.42. The van der Waals surface area contributed by atoms with Crippen LogP contribution < -0.4 is 4.74 Å². The molecule has 0 radical (unpaired) electrons. The Balaban J connectivity index is 0.000000187. The number of carbonyl (C=O) groups excluding carboxylic acids is 1. The van der Waals surface area contributed by atoms with Gasteiger partial charge >= 0.3 is 0 Å². The standard InChI is InChI=1S/C19H23NO2.C12H15NO/c1-22-18-9-7-17(8-10-18)19(21)11-13-20(14-12-19)15-16-5-3-2-4-6-16;14-12-6-8-13(9-7-12)10-11-4-2-1-3-5-11/h2-10,21H,11-15H2,1H3;1-5H,6-10H2. The largest absolute Gasteiger partial charge is 0.497 e. The van der Waals surface area contributed by atoms with E-state index in [1.165, 1.54) is 11.1 Å². The molecule has 5 heteroatoms. The molecule has 5 nitrogen and oxygen atoms in total. The zero-order valence-corrected chi connectivity index (χ0v) is 21.3. The number of rotatable bonds is 6. The van der Waals surface area contributed by atoms with Gasteiger partial charge in [0.15, 0.2) is 0 Å². The van der Waals surface area contributed by atoms with Gasteiger partial charge in [-0.2, -0.15) is 0 Å². The van der Waals surface area contributed by atoms with E-state index in [2.05, 4.69) is 58.3 Å². The molecule has 0 unspecified atom stereocenters. The van der Waals surface area contributed by atoms with Gasteiger partial charge in [-0.3, -0.25) is 14.6 Å². The molecule has 1 N–H and O–H groups in total. The van der Waals surface area contributed by atoms with Gasteiger partial charge in [0.1, 0.15) is 11.5 Å². The molecule has 0 aliphatic carbocycles. The first kappa shape index (κ1) is 26.1. The summed E-state index contributed by atoms with van der Waals surface area (Å²) >= 11 is 0. The van der Waals surface area contributed by atoms with Gasteiger partial charge in [-0.25, -0.2) is 0 Å². The van der Waals surface area contributed by atoms with Crippen molar-refractivity contribution in [2.24, 2.45) is 0 Å². The smallest absolute Gasteiger partial charge is 0.135 e. The van der Waals surface area contributed by atoms with Gasteiger partial charge in [0.2, 0.25) is 0 Å². The summed E-state index contributed by atoms with van der Waals surface area (Å²) in [4.78, 5) is 15.8. The Morgan fingerprint density at radius 1 is 0.722 bits per heavy atom. The maximum absolute atomic E-state index is 11.0. The highest BCUT2D eigenvalue weighted by molar-refractivity contribution is 5.79. The number of hydrogen-bond donors (Lipinski definition) is 1. The number of ketones is 1. The Labute approximate surface area is 215 Å². The zero-order valence-electron chi connectivity index (χ0n) is 21.3. The molecule has 0 amide bonds. The maximum atomic E-state index is 11.0. The summed E-state index contributed by atoms with van der Waals surface area (Å²) < 4.78 is 5.18. The van der Waals surface area contributed by atoms with Crippen LogP contribution in [0.3, 0.4) is 0 Å². The zero-order chi connectivity index (χ0) is 25.2. The second-order valence-corrected chi connectivity index (χ2v) is 9.82. The number of hydrogen-bond acceptors (Lipinski definition) is 5. The van der Waals surface area contributed by atoms with E-state index in [1.54, 1.807) is 7.11 Å². The summed E-state index contributed by atoms with van der Waals surface area (Å²) in [7, 11) is 1.66. The number of methoxy groups -OCH3 is 1. The molecule has 2 heterocycles. The Hall–Kier alpha value is -2.99. The molecule has 3 aromatic carbocycles. The lowest BCUT2D eigenvalue weighted by Gasteiger charge is -2.38. The molecule has 190 valence electrons. The number of piperidine rings is 2. The van der Waals surface area contributed by atoms with Crippen molar-refractivity contribution in [1.29, 1.82) is 0 Å². The second-order valence-electron chi connectivity index (χ2n) is 9.82. The minimum Gasteiger partial charge on any atom is -0.497 e. The summed E-state index contributed by atoms with van der Waals surface area (Å²) in [6.07, 6.45) is 3.00. The molecule has 0 spiro atoms. The van der Waals surface area contributed by atoms with Gasteiger partial charge in [0, 0.05) is 52.1 Å². The molecule has 0 aromatic heterocycles. The normalized spacial score (nSPS) is 18.2. The van der Waals surface area contributed by atoms with Gasteiger partial charge in [-0.05, 0) is 41.7 Å². The summed E-state index contributed by atoms with van der Waals surface area (Å²) in [5, 5.41) is 10.9. The van der Waals surface area contributed by atoms with Crippen LogP contribution in [0.15, 0.2) is 84.9 Å². The maximum Gasteiger partial charge on any atom is 0.135 e. The van der Waals surface area contributed by atoms with E-state index in [0.717, 1.165) is 76.3 Å². The molecule has 2 saturated heterocycles. The number of ether oxygens (including phenoxy) is 1. The first-order valence-corrected chi connectivity index (χ1v) is 13.0. The number of carbonyl (C=O) groups is 1. The third-order valence-electron chi connectivity index (χ3n) is 7.22. The van der Waals surface area contributed by atoms with Crippen LogP contribution >= 0.6 is 0 Å². The average molecular weight is 487 g/mol. The van der Waals surface area contributed by atoms with Gasteiger partial charge in [-0.1, -0.05) is 72.8 Å². The minimum atomic E-state index is -0.709. The van der Waals surface area contributed by atoms with Crippen LogP contribution in [-0.2, 0) is 23.5 Å². The van der Waals surface area contributed by atoms with E-state index < -0.39 is 5.60 Å². The highest BCUT2D eigenvalue weighted by Gasteiger charge is 2.33. The molecule has 3 aromatic rings. The fourth-order valence-electron chi connectivity index (χ4n) is 4.91. The molecular weight excluding hydrogens is 448 g/mol. The lowest BCUT2D eigenvalue weighted by molar-refractivity contribution is -0.121. The first-order chi connectivity index (χ1) is 17.5. The average Bonchev–Trinajstić information content (AvgIpc) is 2.93. The molecule has 0 atom stereocenters. The monoisotopic (exact) mass is 486 g/mol. The third-order valence-corrected chi connectivity index (χ3v) is 7.22. The first-order valence-electron chi connectivity index (χ1n) is 13.0. The fraction of sp³-hybridized carbons (Fsp3) is 0.387. The Morgan fingerprint density at radius 2 is 1.19 bits per heavy atom. The molecule has 36 heavy (non-hydrogen) atoms. The predicted octanol–water partition coefficient (Wildman–Crippen LogP) is 5.03. The fourth-order valence-corrected chi connectivity index (χ4v) is 4.91. The van der Waals surface area contributed by atoms with Crippen LogP contribution in [0.25, 0.3) is 0 Å². The summed E-state index contributed by atoms with van der Waals surface area (Å²) in [6, 6.07) is 28.7. The molecule has 0 bridgehead atoms. The Kier molecular flexibility index (Phi) is 9.29. The quantitative estimate of drug-likeness (QED) is 0.530. The molecule has 2 aliphatic heterocycles. The van der Waals surface area contributed by atoms with E-state index in [9.17, 15) is 9.90 Å². The molecule has 5 rings (SSSR count). The van der Waals surface area contributed by atoms with E-state index in [0.29, 0.717) is 5.78 Å². The van der Waals surface area contributed by atoms with Crippen molar-refractivity contribution in [3.63, 3.8) is 0 Å². The Morgan fingerprint density at radius 3 is 1.67 bits per heavy atom. The van der Waals surface area contributed by atoms with Crippen LogP contribution in [0, 0.1) is 0 Å². The molecule has 2 aliphatic rings. The minimum absolute atomic E-state index is 0.411. The van der Waals surface area contributed by atoms with Crippen molar-refractivity contribution in [2.75, 3.05) is 33.3 Å². The summed E-state index contributed by atoms with van der Waals surface area (Å²) in [5.74, 6) is 1.24. The van der Waals surface area contributed by atoms with Gasteiger partial charge in [-0.15, -0.1) is 0 Å². The molecule has 2 fully saturated rings. The van der Waals surface area contributed by atoms with Crippen molar-refractivity contribution >= 4 is 5.78 Å². The van der Waals surface area contributed by atoms with E-state index in [-0.39, 0.29) is 0 Å². The van der Waals surface area contributed by atoms with Gasteiger partial charge in [0.05, 0.1) is 12.7 Å². The number of likely N-dealkylation sites (tertiary alicyclic amines) is 2. The van der Waals surface area contributed by atoms with Crippen LogP contribution in [-0.4, -0.2) is 54.0 Å². The topological polar surface area (TPSA) is 53.0 Å². The second kappa shape index (κ2) is 12.8. The van der Waals surface area contributed by atoms with Crippen molar-refractivity contribution in [3.05, 3.63) is 102 Å². The van der Waals surface area contributed by atoms with Crippen molar-refractivity contribution in [2.45, 2.75) is 44.4 Å². The van der Waals surface area contributed by atoms with Crippen molar-refractivity contribution in [3.8, 4) is 5.75 Å². The van der Waals surface area contributed by atoms with E-state index in [1.807, 2.05) is 36.4 Å². The number of Topliss-reactive ketones (excluding diaryl/α,β-unsaturated/α-hetero) is 1. The third kappa shape index (κ3) is 7.50. The van der Waals surface area contributed by atoms with E-state index in [4.69, 9.17) is 4.74 Å². The van der Waals surface area contributed by atoms with Crippen LogP contribution in [0.5, 0.6) is 5.75 Å². The molecule has 0 saturated carbocycles. The van der Waals surface area contributed by atoms with Crippen molar-refractivity contribution in [1.82, 2.24) is 9.80 Å². The molecular formula is C31H38N2O3. The SMILES string of the molecule is COc1ccc(C2(O)CCN(Cc3ccccc3)CC2)cc1.O=C1CCN(Cc2ccccc2)CC1. The number of benzene rings is 3. The highest BCUT2D eigenvalue weighted by atomic mass is 16.5. The van der Waals surface area contributed by atoms with E-state index >= 15 is 0 Å². The lowest BCUT2D eigenvalue weighted by atomic mass is 9.84. The summed E-state index contributed by atoms with van der Waals surface area (Å²) in [5.41, 5.74) is 2.95. The van der Waals surface area contributed by atoms with Gasteiger partial charge in [0.25, 0.3) is 0 Å². The van der Waals surface area contributed by atoms with Crippen molar-refractivity contribution < 1.29 is 14.6 Å². The summed E-state index contributed by atoms with van der Waals surface area (Å²) in [6.45, 7) is 5.62. The highest BCUT2D eigenvalue weighted by Crippen LogP contribution is 2.34. The van der Waals surface area contributed by atoms with Crippen LogP contribution in [0.2, 0.25) is 0 Å². The van der Waals surface area contributed by atoms with Crippen LogP contribution in [0.4, 0.5) is 0 Å². The number of nitrogens with zero attached hydrogens (tertiary/aromatic N) is 2. The number of aliphatic hydroxyl groups is 1. The predicted molar refractivity (Wildman–Crippen MR) is 144 cm³/mol. The van der Waals surface area contributed by atoms with Crippen LogP contribution in [0.1, 0.15) is 42.4 Å². The van der Waals surface area contributed by atoms with Gasteiger partial charge < -0.3 is 9.84 Å². The Bertz CT molecular complexity index is 1050.